The van der Waals surface area contributed by atoms with E-state index in [-0.39, 0.29) is 17.5 Å². The first kappa shape index (κ1) is 13.4. The van der Waals surface area contributed by atoms with Crippen molar-refractivity contribution in [2.75, 3.05) is 13.7 Å². The summed E-state index contributed by atoms with van der Waals surface area (Å²) < 4.78 is 10.3. The van der Waals surface area contributed by atoms with Gasteiger partial charge in [-0.3, -0.25) is 0 Å². The summed E-state index contributed by atoms with van der Waals surface area (Å²) in [5, 5.41) is 16.8. The molecule has 0 aromatic carbocycles. The van der Waals surface area contributed by atoms with Crippen LogP contribution in [0.2, 0.25) is 0 Å². The third kappa shape index (κ3) is 3.13. The van der Waals surface area contributed by atoms with Gasteiger partial charge in [0.1, 0.15) is 11.7 Å². The molecule has 0 aliphatic heterocycles. The summed E-state index contributed by atoms with van der Waals surface area (Å²) in [7, 11) is 1.55. The third-order valence-electron chi connectivity index (χ3n) is 2.35. The summed E-state index contributed by atoms with van der Waals surface area (Å²) in [6.45, 7) is 5.51. The molecule has 1 aromatic heterocycles. The van der Waals surface area contributed by atoms with Crippen LogP contribution in [0, 0.1) is 13.8 Å². The number of hydrogen-bond donors (Lipinski definition) is 1. The molecule has 0 saturated carbocycles. The minimum Gasteiger partial charge on any atom is -0.477 e. The lowest BCUT2D eigenvalue weighted by Gasteiger charge is -2.15. The van der Waals surface area contributed by atoms with E-state index in [0.717, 1.165) is 0 Å². The van der Waals surface area contributed by atoms with E-state index in [0.29, 0.717) is 17.9 Å². The highest BCUT2D eigenvalue weighted by Gasteiger charge is 2.20. The van der Waals surface area contributed by atoms with Gasteiger partial charge in [-0.15, -0.1) is 5.10 Å². The largest absolute Gasteiger partial charge is 0.477 e. The zero-order valence-electron chi connectivity index (χ0n) is 10.4. The molecule has 6 heteroatoms. The van der Waals surface area contributed by atoms with Crippen LogP contribution in [0.15, 0.2) is 0 Å². The maximum absolute atomic E-state index is 11.2. The van der Waals surface area contributed by atoms with Crippen molar-refractivity contribution in [3.63, 3.8) is 0 Å². The van der Waals surface area contributed by atoms with Crippen molar-refractivity contribution in [3.05, 3.63) is 16.8 Å². The normalized spacial score (nSPS) is 12.2. The van der Waals surface area contributed by atoms with Gasteiger partial charge in [0.2, 0.25) is 5.88 Å². The standard InChI is InChI=1S/C11H16N2O4/c1-6(5-16-4)17-10-9(11(14)15)7(2)8(3)12-13-10/h6H,5H2,1-4H3,(H,14,15). The number of carbonyl (C=O) groups is 1. The molecule has 0 aliphatic rings. The molecular formula is C11H16N2O4. The van der Waals surface area contributed by atoms with E-state index in [1.807, 2.05) is 0 Å². The predicted octanol–water partition coefficient (Wildman–Crippen LogP) is 1.21. The number of aromatic carboxylic acids is 1. The number of carboxylic acids is 1. The van der Waals surface area contributed by atoms with Crippen molar-refractivity contribution in [2.24, 2.45) is 0 Å². The molecular weight excluding hydrogens is 224 g/mol. The van der Waals surface area contributed by atoms with Crippen molar-refractivity contribution >= 4 is 5.97 Å². The Morgan fingerprint density at radius 3 is 2.59 bits per heavy atom. The van der Waals surface area contributed by atoms with E-state index in [9.17, 15) is 4.79 Å². The Labute approximate surface area is 99.6 Å². The fourth-order valence-corrected chi connectivity index (χ4v) is 1.38. The summed E-state index contributed by atoms with van der Waals surface area (Å²) in [4.78, 5) is 11.2. The van der Waals surface area contributed by atoms with Crippen LogP contribution in [0.5, 0.6) is 5.88 Å². The van der Waals surface area contributed by atoms with Crippen LogP contribution in [-0.4, -0.2) is 41.1 Å². The summed E-state index contributed by atoms with van der Waals surface area (Å²) in [6, 6.07) is 0. The van der Waals surface area contributed by atoms with Gasteiger partial charge in [0.15, 0.2) is 0 Å². The molecule has 0 bridgehead atoms. The lowest BCUT2D eigenvalue weighted by molar-refractivity contribution is 0.0664. The number of carboxylic acid groups (broad SMARTS) is 1. The van der Waals surface area contributed by atoms with Crippen LogP contribution < -0.4 is 4.74 Å². The average molecular weight is 240 g/mol. The maximum Gasteiger partial charge on any atom is 0.341 e. The van der Waals surface area contributed by atoms with E-state index in [1.54, 1.807) is 27.9 Å². The summed E-state index contributed by atoms with van der Waals surface area (Å²) in [5.41, 5.74) is 1.20. The Morgan fingerprint density at radius 1 is 1.41 bits per heavy atom. The van der Waals surface area contributed by atoms with E-state index in [4.69, 9.17) is 14.6 Å². The van der Waals surface area contributed by atoms with Gasteiger partial charge in [-0.25, -0.2) is 4.79 Å². The Bertz CT molecular complexity index is 420. The molecule has 0 saturated heterocycles. The Morgan fingerprint density at radius 2 is 2.06 bits per heavy atom. The van der Waals surface area contributed by atoms with Gasteiger partial charge in [0, 0.05) is 7.11 Å². The average Bonchev–Trinajstić information content (AvgIpc) is 2.23. The predicted molar refractivity (Wildman–Crippen MR) is 60.4 cm³/mol. The molecule has 1 heterocycles. The first-order valence-electron chi connectivity index (χ1n) is 5.20. The summed E-state index contributed by atoms with van der Waals surface area (Å²) in [6.07, 6.45) is -0.283. The highest BCUT2D eigenvalue weighted by Crippen LogP contribution is 2.21. The molecule has 1 rings (SSSR count). The topological polar surface area (TPSA) is 81.5 Å². The number of nitrogens with zero attached hydrogens (tertiary/aromatic N) is 2. The fourth-order valence-electron chi connectivity index (χ4n) is 1.38. The van der Waals surface area contributed by atoms with Crippen molar-refractivity contribution in [1.82, 2.24) is 10.2 Å². The molecule has 1 atom stereocenters. The van der Waals surface area contributed by atoms with Gasteiger partial charge in [0.05, 0.1) is 12.3 Å². The van der Waals surface area contributed by atoms with E-state index in [2.05, 4.69) is 10.2 Å². The highest BCUT2D eigenvalue weighted by molar-refractivity contribution is 5.92. The number of hydrogen-bond acceptors (Lipinski definition) is 5. The van der Waals surface area contributed by atoms with Crippen LogP contribution in [0.25, 0.3) is 0 Å². The van der Waals surface area contributed by atoms with Crippen LogP contribution >= 0.6 is 0 Å². The van der Waals surface area contributed by atoms with E-state index >= 15 is 0 Å². The van der Waals surface area contributed by atoms with Gasteiger partial charge in [-0.05, 0) is 26.3 Å². The van der Waals surface area contributed by atoms with E-state index in [1.165, 1.54) is 0 Å². The third-order valence-corrected chi connectivity index (χ3v) is 2.35. The summed E-state index contributed by atoms with van der Waals surface area (Å²) >= 11 is 0. The lowest BCUT2D eigenvalue weighted by atomic mass is 10.1. The quantitative estimate of drug-likeness (QED) is 0.833. The Hall–Kier alpha value is -1.69. The van der Waals surface area contributed by atoms with Gasteiger partial charge >= 0.3 is 5.97 Å². The minimum absolute atomic E-state index is 0.0325. The molecule has 0 amide bonds. The zero-order chi connectivity index (χ0) is 13.0. The summed E-state index contributed by atoms with van der Waals surface area (Å²) in [5.74, 6) is -1.04. The molecule has 0 aliphatic carbocycles. The van der Waals surface area contributed by atoms with Crippen LogP contribution in [-0.2, 0) is 4.74 Å². The van der Waals surface area contributed by atoms with Gasteiger partial charge in [-0.1, -0.05) is 0 Å². The van der Waals surface area contributed by atoms with Crippen LogP contribution in [0.1, 0.15) is 28.5 Å². The Balaban J connectivity index is 3.07. The molecule has 17 heavy (non-hydrogen) atoms. The van der Waals surface area contributed by atoms with Crippen molar-refractivity contribution in [1.29, 1.82) is 0 Å². The van der Waals surface area contributed by atoms with Gasteiger partial charge < -0.3 is 14.6 Å². The molecule has 1 unspecified atom stereocenters. The molecule has 94 valence electrons. The number of methoxy groups -OCH3 is 1. The molecule has 0 spiro atoms. The molecule has 6 nitrogen and oxygen atoms in total. The van der Waals surface area contributed by atoms with Gasteiger partial charge in [-0.2, -0.15) is 5.10 Å². The first-order chi connectivity index (χ1) is 7.97. The second-order valence-electron chi connectivity index (χ2n) is 3.78. The van der Waals surface area contributed by atoms with Crippen LogP contribution in [0.3, 0.4) is 0 Å². The maximum atomic E-state index is 11.2. The first-order valence-corrected chi connectivity index (χ1v) is 5.20. The molecule has 1 N–H and O–H groups in total. The van der Waals surface area contributed by atoms with E-state index < -0.39 is 5.97 Å². The molecule has 0 radical (unpaired) electrons. The Kier molecular flexibility index (Phi) is 4.39. The second kappa shape index (κ2) is 5.58. The number of ether oxygens (including phenoxy) is 2. The van der Waals surface area contributed by atoms with Crippen molar-refractivity contribution < 1.29 is 19.4 Å². The molecule has 0 fully saturated rings. The van der Waals surface area contributed by atoms with Crippen LogP contribution in [0.4, 0.5) is 0 Å². The second-order valence-corrected chi connectivity index (χ2v) is 3.78. The monoisotopic (exact) mass is 240 g/mol. The number of rotatable bonds is 5. The fraction of sp³-hybridized carbons (Fsp3) is 0.545. The van der Waals surface area contributed by atoms with Gasteiger partial charge in [0.25, 0.3) is 0 Å². The SMILES string of the molecule is COCC(C)Oc1nnc(C)c(C)c1C(=O)O. The molecule has 1 aromatic rings. The smallest absolute Gasteiger partial charge is 0.341 e. The minimum atomic E-state index is -1.07. The highest BCUT2D eigenvalue weighted by atomic mass is 16.5. The van der Waals surface area contributed by atoms with Crippen molar-refractivity contribution in [2.45, 2.75) is 26.9 Å². The number of aromatic nitrogens is 2. The zero-order valence-corrected chi connectivity index (χ0v) is 10.4. The number of aryl methyl sites for hydroxylation is 1. The van der Waals surface area contributed by atoms with Crippen molar-refractivity contribution in [3.8, 4) is 5.88 Å². The lowest BCUT2D eigenvalue weighted by Crippen LogP contribution is -2.21.